The lowest BCUT2D eigenvalue weighted by Gasteiger charge is -2.38. The van der Waals surface area contributed by atoms with Gasteiger partial charge in [-0.15, -0.1) is 0 Å². The van der Waals surface area contributed by atoms with Gasteiger partial charge in [-0.1, -0.05) is 16.8 Å². The van der Waals surface area contributed by atoms with Gasteiger partial charge in [0.2, 0.25) is 5.91 Å². The fraction of sp³-hybridized carbons (Fsp3) is 0.400. The van der Waals surface area contributed by atoms with Crippen molar-refractivity contribution in [2.75, 3.05) is 31.6 Å². The first kappa shape index (κ1) is 24.7. The van der Waals surface area contributed by atoms with Crippen molar-refractivity contribution in [3.05, 3.63) is 58.2 Å². The molecule has 1 aromatic carbocycles. The molecule has 2 fully saturated rings. The Labute approximate surface area is 211 Å². The van der Waals surface area contributed by atoms with Gasteiger partial charge in [-0.05, 0) is 43.7 Å². The largest absolute Gasteiger partial charge is 0.439 e. The maximum absolute atomic E-state index is 13.3. The standard InChI is InChI=1S/C25H27N5O7/c1-14-11-16(23(33)29-7-2-8-29)13-18(12-14)30-9-10-36-20(24(30)34)19(31)22(32)26-17-5-3-15(4-6-17)21-27-25(35)37-28-21/h3-6,11-12,16,19-20,31H,2,7-10,13H2,1H3,(H,26,32)(H,27,28,35)/t16?,19-,20-/m1/s1. The SMILES string of the molecule is CC1=CC(C(=O)N2CCC2)CC(N2CCO[C@H]([C@@H](O)C(=O)Nc3ccc(-c4noc(=O)[nH]4)cc3)C2=O)=C1. The highest BCUT2D eigenvalue weighted by Crippen LogP contribution is 2.30. The van der Waals surface area contributed by atoms with Crippen LogP contribution >= 0.6 is 0 Å². The van der Waals surface area contributed by atoms with Crippen LogP contribution < -0.4 is 11.1 Å². The van der Waals surface area contributed by atoms with E-state index in [4.69, 9.17) is 4.74 Å². The molecule has 0 spiro atoms. The smallest absolute Gasteiger partial charge is 0.380 e. The van der Waals surface area contributed by atoms with Gasteiger partial charge in [-0.2, -0.15) is 0 Å². The molecule has 37 heavy (non-hydrogen) atoms. The highest BCUT2D eigenvalue weighted by Gasteiger charge is 2.41. The van der Waals surface area contributed by atoms with E-state index in [9.17, 15) is 24.3 Å². The number of amides is 3. The Morgan fingerprint density at radius 2 is 1.95 bits per heavy atom. The number of carbonyl (C=O) groups is 3. The molecule has 1 aliphatic carbocycles. The van der Waals surface area contributed by atoms with E-state index >= 15 is 0 Å². The van der Waals surface area contributed by atoms with Gasteiger partial charge in [0.25, 0.3) is 11.8 Å². The number of nitrogens with one attached hydrogen (secondary N) is 2. The van der Waals surface area contributed by atoms with Gasteiger partial charge < -0.3 is 25.0 Å². The number of H-pyrrole nitrogens is 1. The van der Waals surface area contributed by atoms with E-state index in [1.165, 1.54) is 4.90 Å². The third kappa shape index (κ3) is 5.11. The van der Waals surface area contributed by atoms with Gasteiger partial charge in [-0.3, -0.25) is 23.9 Å². The lowest BCUT2D eigenvalue weighted by Crippen LogP contribution is -2.55. The van der Waals surface area contributed by atoms with Gasteiger partial charge in [0, 0.05) is 43.0 Å². The molecule has 3 aliphatic rings. The van der Waals surface area contributed by atoms with Crippen molar-refractivity contribution in [2.45, 2.75) is 32.0 Å². The molecule has 0 radical (unpaired) electrons. The summed E-state index contributed by atoms with van der Waals surface area (Å²) in [5, 5.41) is 16.9. The van der Waals surface area contributed by atoms with Gasteiger partial charge in [0.05, 0.1) is 12.5 Å². The third-order valence-corrected chi connectivity index (χ3v) is 6.66. The predicted molar refractivity (Wildman–Crippen MR) is 130 cm³/mol. The number of aromatic nitrogens is 2. The van der Waals surface area contributed by atoms with Gasteiger partial charge in [-0.25, -0.2) is 4.79 Å². The van der Waals surface area contributed by atoms with E-state index in [1.807, 2.05) is 24.0 Å². The molecule has 3 heterocycles. The summed E-state index contributed by atoms with van der Waals surface area (Å²) in [7, 11) is 0. The number of aromatic amines is 1. The van der Waals surface area contributed by atoms with Gasteiger partial charge in [0.15, 0.2) is 18.0 Å². The first-order valence-electron chi connectivity index (χ1n) is 12.1. The zero-order chi connectivity index (χ0) is 26.1. The van der Waals surface area contributed by atoms with Crippen LogP contribution in [0.2, 0.25) is 0 Å². The number of rotatable bonds is 6. The molecule has 194 valence electrons. The van der Waals surface area contributed by atoms with E-state index in [-0.39, 0.29) is 30.8 Å². The number of ether oxygens (including phenoxy) is 1. The molecule has 2 aromatic rings. The molecule has 12 heteroatoms. The summed E-state index contributed by atoms with van der Waals surface area (Å²) in [5.41, 5.74) is 2.47. The second-order valence-corrected chi connectivity index (χ2v) is 9.27. The lowest BCUT2D eigenvalue weighted by atomic mass is 9.91. The summed E-state index contributed by atoms with van der Waals surface area (Å²) in [6.45, 7) is 3.79. The Morgan fingerprint density at radius 3 is 2.59 bits per heavy atom. The van der Waals surface area contributed by atoms with E-state index in [2.05, 4.69) is 20.0 Å². The van der Waals surface area contributed by atoms with Crippen LogP contribution in [0.25, 0.3) is 11.4 Å². The molecule has 1 aromatic heterocycles. The molecular formula is C25H27N5O7. The van der Waals surface area contributed by atoms with Crippen LogP contribution in [0.1, 0.15) is 19.8 Å². The minimum atomic E-state index is -1.75. The van der Waals surface area contributed by atoms with Crippen LogP contribution in [0.15, 0.2) is 57.0 Å². The number of morpholine rings is 1. The van der Waals surface area contributed by atoms with Gasteiger partial charge in [0.1, 0.15) is 0 Å². The summed E-state index contributed by atoms with van der Waals surface area (Å²) in [6.07, 6.45) is 2.01. The molecule has 12 nitrogen and oxygen atoms in total. The molecule has 2 aliphatic heterocycles. The Balaban J connectivity index is 1.23. The topological polar surface area (TPSA) is 158 Å². The van der Waals surface area contributed by atoms with E-state index in [0.29, 0.717) is 23.4 Å². The number of anilines is 1. The van der Waals surface area contributed by atoms with Crippen molar-refractivity contribution < 1.29 is 28.8 Å². The number of allylic oxidation sites excluding steroid dienone is 3. The minimum absolute atomic E-state index is 0.0498. The quantitative estimate of drug-likeness (QED) is 0.512. The molecule has 3 N–H and O–H groups in total. The Kier molecular flexibility index (Phi) is 6.76. The fourth-order valence-electron chi connectivity index (χ4n) is 4.63. The van der Waals surface area contributed by atoms with Crippen LogP contribution in [-0.2, 0) is 19.1 Å². The Bertz CT molecular complexity index is 1320. The summed E-state index contributed by atoms with van der Waals surface area (Å²) in [4.78, 5) is 55.7. The minimum Gasteiger partial charge on any atom is -0.380 e. The molecule has 3 amide bonds. The van der Waals surface area contributed by atoms with Crippen molar-refractivity contribution in [2.24, 2.45) is 5.92 Å². The van der Waals surface area contributed by atoms with Crippen LogP contribution in [0.4, 0.5) is 5.69 Å². The lowest BCUT2D eigenvalue weighted by molar-refractivity contribution is -0.164. The molecule has 3 atom stereocenters. The van der Waals surface area contributed by atoms with Crippen molar-refractivity contribution in [1.29, 1.82) is 0 Å². The highest BCUT2D eigenvalue weighted by molar-refractivity contribution is 5.99. The normalized spacial score (nSPS) is 22.6. The zero-order valence-electron chi connectivity index (χ0n) is 20.2. The monoisotopic (exact) mass is 509 g/mol. The average molecular weight is 510 g/mol. The van der Waals surface area contributed by atoms with Crippen LogP contribution in [-0.4, -0.2) is 81.2 Å². The Morgan fingerprint density at radius 1 is 1.19 bits per heavy atom. The summed E-state index contributed by atoms with van der Waals surface area (Å²) in [6, 6.07) is 6.31. The second-order valence-electron chi connectivity index (χ2n) is 9.27. The van der Waals surface area contributed by atoms with E-state index in [0.717, 1.165) is 25.1 Å². The van der Waals surface area contributed by atoms with Crippen molar-refractivity contribution >= 4 is 23.4 Å². The maximum Gasteiger partial charge on any atom is 0.439 e. The maximum atomic E-state index is 13.3. The first-order chi connectivity index (χ1) is 17.8. The molecule has 5 rings (SSSR count). The zero-order valence-corrected chi connectivity index (χ0v) is 20.2. The van der Waals surface area contributed by atoms with Crippen LogP contribution in [0.3, 0.4) is 0 Å². The molecule has 1 unspecified atom stereocenters. The number of hydrogen-bond acceptors (Lipinski definition) is 8. The van der Waals surface area contributed by atoms with E-state index in [1.54, 1.807) is 24.3 Å². The molecular weight excluding hydrogens is 482 g/mol. The van der Waals surface area contributed by atoms with Gasteiger partial charge >= 0.3 is 5.76 Å². The number of aliphatic hydroxyl groups excluding tert-OH is 1. The van der Waals surface area contributed by atoms with Crippen LogP contribution in [0.5, 0.6) is 0 Å². The fourth-order valence-corrected chi connectivity index (χ4v) is 4.63. The van der Waals surface area contributed by atoms with Crippen molar-refractivity contribution in [1.82, 2.24) is 19.9 Å². The highest BCUT2D eigenvalue weighted by atomic mass is 16.5. The molecule has 0 saturated carbocycles. The molecule has 2 saturated heterocycles. The number of likely N-dealkylation sites (tertiary alicyclic amines) is 1. The summed E-state index contributed by atoms with van der Waals surface area (Å²) < 4.78 is 9.98. The Hall–Kier alpha value is -4.03. The summed E-state index contributed by atoms with van der Waals surface area (Å²) in [5.74, 6) is -2.08. The van der Waals surface area contributed by atoms with Crippen molar-refractivity contribution in [3.8, 4) is 11.4 Å². The number of benzene rings is 1. The number of hydrogen-bond donors (Lipinski definition) is 3. The number of carbonyl (C=O) groups excluding carboxylic acids is 3. The van der Waals surface area contributed by atoms with Crippen molar-refractivity contribution in [3.63, 3.8) is 0 Å². The number of aliphatic hydroxyl groups is 1. The second kappa shape index (κ2) is 10.1. The first-order valence-corrected chi connectivity index (χ1v) is 12.1. The van der Waals surface area contributed by atoms with Crippen LogP contribution in [0, 0.1) is 5.92 Å². The summed E-state index contributed by atoms with van der Waals surface area (Å²) >= 11 is 0. The average Bonchev–Trinajstić information content (AvgIpc) is 3.29. The third-order valence-electron chi connectivity index (χ3n) is 6.66. The predicted octanol–water partition coefficient (Wildman–Crippen LogP) is 0.639. The molecule has 0 bridgehead atoms. The number of nitrogens with zero attached hydrogens (tertiary/aromatic N) is 3. The van der Waals surface area contributed by atoms with E-state index < -0.39 is 29.8 Å².